The first-order valence-corrected chi connectivity index (χ1v) is 11.8. The molecule has 1 fully saturated rings. The molecule has 1 amide bonds. The third-order valence-electron chi connectivity index (χ3n) is 6.68. The summed E-state index contributed by atoms with van der Waals surface area (Å²) in [4.78, 5) is 14.9. The number of carbonyl (C=O) groups is 1. The van der Waals surface area contributed by atoms with Gasteiger partial charge in [0, 0.05) is 31.2 Å². The summed E-state index contributed by atoms with van der Waals surface area (Å²) in [6.45, 7) is 2.36. The van der Waals surface area contributed by atoms with Crippen LogP contribution in [-0.4, -0.2) is 29.3 Å². The van der Waals surface area contributed by atoms with Crippen LogP contribution in [-0.2, 0) is 10.3 Å². The molecule has 0 spiro atoms. The molecule has 0 saturated carbocycles. The van der Waals surface area contributed by atoms with E-state index in [-0.39, 0.29) is 18.5 Å². The molecule has 7 heteroatoms. The van der Waals surface area contributed by atoms with Crippen molar-refractivity contribution in [3.05, 3.63) is 95.3 Å². The highest BCUT2D eigenvalue weighted by Crippen LogP contribution is 2.41. The number of carbonyl (C=O) groups excluding carboxylic acids is 1. The smallest absolute Gasteiger partial charge is 0.411 e. The molecule has 1 N–H and O–H groups in total. The number of cyclic esters (lactones) is 1. The fourth-order valence-electron chi connectivity index (χ4n) is 4.84. The van der Waals surface area contributed by atoms with Gasteiger partial charge in [-0.05, 0) is 60.2 Å². The van der Waals surface area contributed by atoms with E-state index in [4.69, 9.17) is 4.74 Å². The largest absolute Gasteiger partial charge is 0.438 e. The summed E-state index contributed by atoms with van der Waals surface area (Å²) in [6.07, 6.45) is 1.55. The predicted octanol–water partition coefficient (Wildman–Crippen LogP) is 6.73. The molecule has 4 rings (SSSR count). The van der Waals surface area contributed by atoms with Crippen molar-refractivity contribution >= 4 is 6.09 Å². The Morgan fingerprint density at radius 1 is 1.00 bits per heavy atom. The van der Waals surface area contributed by atoms with Gasteiger partial charge in [-0.15, -0.1) is 0 Å². The lowest BCUT2D eigenvalue weighted by Gasteiger charge is -2.44. The maximum absolute atomic E-state index is 14.2. The molecule has 0 radical (unpaired) electrons. The molecule has 4 nitrogen and oxygen atoms in total. The van der Waals surface area contributed by atoms with E-state index in [2.05, 4.69) is 0 Å². The van der Waals surface area contributed by atoms with Gasteiger partial charge >= 0.3 is 6.09 Å². The van der Waals surface area contributed by atoms with Gasteiger partial charge in [-0.1, -0.05) is 43.3 Å². The Hall–Kier alpha value is -3.32. The van der Waals surface area contributed by atoms with Crippen LogP contribution in [0, 0.1) is 17.5 Å². The van der Waals surface area contributed by atoms with Crippen LogP contribution in [0.15, 0.2) is 66.7 Å². The van der Waals surface area contributed by atoms with E-state index in [1.165, 1.54) is 24.3 Å². The number of aliphatic hydroxyl groups is 1. The van der Waals surface area contributed by atoms with E-state index >= 15 is 0 Å². The van der Waals surface area contributed by atoms with Gasteiger partial charge in [0.25, 0.3) is 0 Å². The fraction of sp³-hybridized carbons (Fsp3) is 0.321. The van der Waals surface area contributed by atoms with Crippen LogP contribution >= 0.6 is 0 Å². The van der Waals surface area contributed by atoms with Gasteiger partial charge in [0.1, 0.15) is 23.1 Å². The molecule has 1 aliphatic heterocycles. The van der Waals surface area contributed by atoms with Crippen LogP contribution in [0.5, 0.6) is 0 Å². The molecule has 35 heavy (non-hydrogen) atoms. The summed E-state index contributed by atoms with van der Waals surface area (Å²) in [6, 6.07) is 16.4. The van der Waals surface area contributed by atoms with Crippen molar-refractivity contribution in [2.75, 3.05) is 13.2 Å². The van der Waals surface area contributed by atoms with Gasteiger partial charge in [0.15, 0.2) is 0 Å². The minimum Gasteiger partial charge on any atom is -0.438 e. The number of halogens is 3. The summed E-state index contributed by atoms with van der Waals surface area (Å²) in [5, 5.41) is 9.38. The van der Waals surface area contributed by atoms with Crippen LogP contribution in [0.3, 0.4) is 0 Å². The Balaban J connectivity index is 1.55. The number of benzene rings is 3. The Morgan fingerprint density at radius 2 is 1.69 bits per heavy atom. The summed E-state index contributed by atoms with van der Waals surface area (Å²) < 4.78 is 46.9. The highest BCUT2D eigenvalue weighted by atomic mass is 19.1. The van der Waals surface area contributed by atoms with Crippen molar-refractivity contribution in [2.24, 2.45) is 0 Å². The van der Waals surface area contributed by atoms with Crippen molar-refractivity contribution in [3.63, 3.8) is 0 Å². The summed E-state index contributed by atoms with van der Waals surface area (Å²) in [5.74, 6) is -1.64. The molecular formula is C28H28F3NO3. The average Bonchev–Trinajstić information content (AvgIpc) is 2.85. The standard InChI is InChI=1S/C28H28F3NO3/c1-2-26(20-6-4-19(5-7-20)24-13-12-23(30)18-25(24)31)32-16-15-28(14-3-17-33,35-27(32)34)21-8-10-22(29)11-9-21/h4-13,18,26,33H,2-3,14-17H2,1H3/t26-,28?/m0/s1. The van der Waals surface area contributed by atoms with Gasteiger partial charge in [0.05, 0.1) is 6.04 Å². The monoisotopic (exact) mass is 483 g/mol. The van der Waals surface area contributed by atoms with Gasteiger partial charge < -0.3 is 14.7 Å². The zero-order valence-corrected chi connectivity index (χ0v) is 19.5. The van der Waals surface area contributed by atoms with Crippen LogP contribution < -0.4 is 0 Å². The predicted molar refractivity (Wildman–Crippen MR) is 127 cm³/mol. The third-order valence-corrected chi connectivity index (χ3v) is 6.68. The Bertz CT molecular complexity index is 1170. The third kappa shape index (κ3) is 5.20. The zero-order chi connectivity index (χ0) is 25.0. The summed E-state index contributed by atoms with van der Waals surface area (Å²) >= 11 is 0. The van der Waals surface area contributed by atoms with E-state index in [1.54, 1.807) is 29.2 Å². The van der Waals surface area contributed by atoms with Gasteiger partial charge in [0.2, 0.25) is 0 Å². The normalized spacial score (nSPS) is 18.9. The maximum Gasteiger partial charge on any atom is 0.411 e. The van der Waals surface area contributed by atoms with E-state index in [0.717, 1.165) is 11.6 Å². The highest BCUT2D eigenvalue weighted by Gasteiger charge is 2.43. The first-order valence-electron chi connectivity index (χ1n) is 11.8. The maximum atomic E-state index is 14.2. The lowest BCUT2D eigenvalue weighted by molar-refractivity contribution is -0.0697. The molecule has 1 aliphatic rings. The molecule has 0 bridgehead atoms. The lowest BCUT2D eigenvalue weighted by Crippen LogP contribution is -2.49. The van der Waals surface area contributed by atoms with Crippen molar-refractivity contribution < 1.29 is 27.8 Å². The van der Waals surface area contributed by atoms with Gasteiger partial charge in [-0.25, -0.2) is 18.0 Å². The molecule has 1 heterocycles. The first kappa shape index (κ1) is 24.8. The molecule has 0 aliphatic carbocycles. The number of hydrogen-bond donors (Lipinski definition) is 1. The topological polar surface area (TPSA) is 49.8 Å². The number of nitrogens with zero attached hydrogens (tertiary/aromatic N) is 1. The van der Waals surface area contributed by atoms with Crippen molar-refractivity contribution in [1.82, 2.24) is 4.90 Å². The van der Waals surface area contributed by atoms with Gasteiger partial charge in [-0.3, -0.25) is 0 Å². The Kier molecular flexibility index (Phi) is 7.45. The van der Waals surface area contributed by atoms with E-state index in [9.17, 15) is 23.1 Å². The zero-order valence-electron chi connectivity index (χ0n) is 19.5. The molecule has 0 aromatic heterocycles. The second kappa shape index (κ2) is 10.5. The van der Waals surface area contributed by atoms with Crippen LogP contribution in [0.4, 0.5) is 18.0 Å². The molecule has 3 aromatic carbocycles. The minimum absolute atomic E-state index is 0.0389. The highest BCUT2D eigenvalue weighted by molar-refractivity contribution is 5.70. The van der Waals surface area contributed by atoms with Crippen LogP contribution in [0.1, 0.15) is 49.8 Å². The summed E-state index contributed by atoms with van der Waals surface area (Å²) in [5.41, 5.74) is 1.57. The van der Waals surface area contributed by atoms with E-state index in [0.29, 0.717) is 48.9 Å². The van der Waals surface area contributed by atoms with E-state index < -0.39 is 23.3 Å². The molecule has 1 saturated heterocycles. The molecule has 1 unspecified atom stereocenters. The number of amides is 1. The Labute approximate surface area is 203 Å². The lowest BCUT2D eigenvalue weighted by atomic mass is 9.84. The first-order chi connectivity index (χ1) is 16.9. The van der Waals surface area contributed by atoms with Crippen molar-refractivity contribution in [2.45, 2.75) is 44.2 Å². The average molecular weight is 484 g/mol. The number of rotatable bonds is 8. The van der Waals surface area contributed by atoms with Crippen molar-refractivity contribution in [1.29, 1.82) is 0 Å². The molecule has 2 atom stereocenters. The fourth-order valence-corrected chi connectivity index (χ4v) is 4.84. The molecule has 184 valence electrons. The van der Waals surface area contributed by atoms with E-state index in [1.807, 2.05) is 19.1 Å². The number of ether oxygens (including phenoxy) is 1. The Morgan fingerprint density at radius 3 is 2.29 bits per heavy atom. The molecule has 3 aromatic rings. The number of aliphatic hydroxyl groups excluding tert-OH is 1. The number of hydrogen-bond acceptors (Lipinski definition) is 3. The second-order valence-electron chi connectivity index (χ2n) is 8.81. The second-order valence-corrected chi connectivity index (χ2v) is 8.81. The molecular weight excluding hydrogens is 455 g/mol. The van der Waals surface area contributed by atoms with Crippen LogP contribution in [0.25, 0.3) is 11.1 Å². The van der Waals surface area contributed by atoms with Crippen molar-refractivity contribution in [3.8, 4) is 11.1 Å². The minimum atomic E-state index is -0.924. The quantitative estimate of drug-likeness (QED) is 0.386. The summed E-state index contributed by atoms with van der Waals surface area (Å²) in [7, 11) is 0. The van der Waals surface area contributed by atoms with Crippen LogP contribution in [0.2, 0.25) is 0 Å². The van der Waals surface area contributed by atoms with Gasteiger partial charge in [-0.2, -0.15) is 0 Å². The SMILES string of the molecule is CC[C@@H](c1ccc(-c2ccc(F)cc2F)cc1)N1CCC(CCCO)(c2ccc(F)cc2)OC1=O.